The first-order valence-electron chi connectivity index (χ1n) is 8.07. The molecule has 1 heterocycles. The molecule has 1 aliphatic heterocycles. The number of hydrogen-bond acceptors (Lipinski definition) is 4. The van der Waals surface area contributed by atoms with Crippen LogP contribution < -0.4 is 20.1 Å². The maximum Gasteiger partial charge on any atom is 0.319 e. The Balaban J connectivity index is 1.69. The molecule has 1 aromatic rings. The fourth-order valence-electron chi connectivity index (χ4n) is 2.72. The lowest BCUT2D eigenvalue weighted by Crippen LogP contribution is -2.30. The zero-order valence-corrected chi connectivity index (χ0v) is 13.9. The number of nitrogens with one attached hydrogen (secondary N) is 2. The van der Waals surface area contributed by atoms with E-state index in [0.29, 0.717) is 23.7 Å². The van der Waals surface area contributed by atoms with Gasteiger partial charge in [-0.1, -0.05) is 0 Å². The highest BCUT2D eigenvalue weighted by atomic mass is 16.5. The number of carbonyl (C=O) groups is 1. The molecule has 0 spiro atoms. The lowest BCUT2D eigenvalue weighted by molar-refractivity contribution is 0.0634. The van der Waals surface area contributed by atoms with Crippen molar-refractivity contribution in [1.29, 1.82) is 0 Å². The lowest BCUT2D eigenvalue weighted by atomic mass is 9.95. The number of amides is 2. The van der Waals surface area contributed by atoms with Gasteiger partial charge in [-0.15, -0.1) is 0 Å². The number of hydrogen-bond donors (Lipinski definition) is 2. The normalized spacial score (nSPS) is 15.0. The third-order valence-corrected chi connectivity index (χ3v) is 4.06. The van der Waals surface area contributed by atoms with Crippen molar-refractivity contribution < 1.29 is 19.0 Å². The molecular formula is C17H26N2O4. The van der Waals surface area contributed by atoms with E-state index in [-0.39, 0.29) is 6.03 Å². The van der Waals surface area contributed by atoms with E-state index in [1.54, 1.807) is 32.4 Å². The topological polar surface area (TPSA) is 68.8 Å². The van der Waals surface area contributed by atoms with E-state index in [1.807, 2.05) is 0 Å². The second-order valence-electron chi connectivity index (χ2n) is 5.65. The Hall–Kier alpha value is -1.95. The van der Waals surface area contributed by atoms with Gasteiger partial charge in [-0.25, -0.2) is 4.79 Å². The zero-order valence-electron chi connectivity index (χ0n) is 13.9. The second-order valence-corrected chi connectivity index (χ2v) is 5.65. The molecule has 0 bridgehead atoms. The summed E-state index contributed by atoms with van der Waals surface area (Å²) in [5, 5.41) is 5.68. The van der Waals surface area contributed by atoms with Crippen LogP contribution in [0.5, 0.6) is 11.5 Å². The average Bonchev–Trinajstić information content (AvgIpc) is 2.59. The van der Waals surface area contributed by atoms with Crippen LogP contribution in [0.1, 0.15) is 25.7 Å². The van der Waals surface area contributed by atoms with Crippen molar-refractivity contribution >= 4 is 11.7 Å². The van der Waals surface area contributed by atoms with Gasteiger partial charge in [-0.2, -0.15) is 0 Å². The Morgan fingerprint density at radius 1 is 1.22 bits per heavy atom. The van der Waals surface area contributed by atoms with Crippen LogP contribution in [0.15, 0.2) is 18.2 Å². The van der Waals surface area contributed by atoms with Crippen LogP contribution in [0.4, 0.5) is 10.5 Å². The van der Waals surface area contributed by atoms with Gasteiger partial charge in [0.2, 0.25) is 0 Å². The molecule has 0 atom stereocenters. The van der Waals surface area contributed by atoms with E-state index in [2.05, 4.69) is 10.6 Å². The standard InChI is InChI=1S/C17H26N2O4/c1-21-15-6-5-14(12-16(15)22-2)19-17(20)18-9-3-4-13-7-10-23-11-8-13/h5-6,12-13H,3-4,7-11H2,1-2H3,(H2,18,19,20). The van der Waals surface area contributed by atoms with Crippen LogP contribution in [0, 0.1) is 5.92 Å². The largest absolute Gasteiger partial charge is 0.493 e. The fourth-order valence-corrected chi connectivity index (χ4v) is 2.72. The van der Waals surface area contributed by atoms with Crippen LogP contribution in [0.2, 0.25) is 0 Å². The van der Waals surface area contributed by atoms with Gasteiger partial charge in [0.1, 0.15) is 0 Å². The van der Waals surface area contributed by atoms with Gasteiger partial charge in [-0.3, -0.25) is 0 Å². The van der Waals surface area contributed by atoms with Gasteiger partial charge in [0.15, 0.2) is 11.5 Å². The fraction of sp³-hybridized carbons (Fsp3) is 0.588. The third kappa shape index (κ3) is 5.63. The first kappa shape index (κ1) is 17.4. The minimum Gasteiger partial charge on any atom is -0.493 e. The van der Waals surface area contributed by atoms with Crippen LogP contribution in [0.3, 0.4) is 0 Å². The first-order valence-corrected chi connectivity index (χ1v) is 8.07. The molecule has 23 heavy (non-hydrogen) atoms. The summed E-state index contributed by atoms with van der Waals surface area (Å²) in [6, 6.07) is 5.08. The Morgan fingerprint density at radius 2 is 1.96 bits per heavy atom. The molecule has 2 N–H and O–H groups in total. The molecule has 128 valence electrons. The molecule has 2 rings (SSSR count). The van der Waals surface area contributed by atoms with Crippen molar-refractivity contribution in [3.05, 3.63) is 18.2 Å². The predicted octanol–water partition coefficient (Wildman–Crippen LogP) is 3.03. The van der Waals surface area contributed by atoms with Crippen LogP contribution in [-0.4, -0.2) is 40.0 Å². The quantitative estimate of drug-likeness (QED) is 0.757. The summed E-state index contributed by atoms with van der Waals surface area (Å²) in [5.41, 5.74) is 0.671. The summed E-state index contributed by atoms with van der Waals surface area (Å²) < 4.78 is 15.7. The molecule has 0 aliphatic carbocycles. The Morgan fingerprint density at radius 3 is 2.65 bits per heavy atom. The SMILES string of the molecule is COc1ccc(NC(=O)NCCCC2CCOCC2)cc1OC. The molecule has 0 aromatic heterocycles. The van der Waals surface area contributed by atoms with Gasteiger partial charge >= 0.3 is 6.03 Å². The Bertz CT molecular complexity index is 501. The van der Waals surface area contributed by atoms with Crippen molar-refractivity contribution in [1.82, 2.24) is 5.32 Å². The van der Waals surface area contributed by atoms with Crippen molar-refractivity contribution in [3.8, 4) is 11.5 Å². The van der Waals surface area contributed by atoms with E-state index < -0.39 is 0 Å². The number of ether oxygens (including phenoxy) is 3. The van der Waals surface area contributed by atoms with Gasteiger partial charge < -0.3 is 24.8 Å². The highest BCUT2D eigenvalue weighted by molar-refractivity contribution is 5.89. The van der Waals surface area contributed by atoms with Gasteiger partial charge in [-0.05, 0) is 43.7 Å². The molecule has 6 nitrogen and oxygen atoms in total. The molecule has 6 heteroatoms. The number of anilines is 1. The van der Waals surface area contributed by atoms with Gasteiger partial charge in [0.25, 0.3) is 0 Å². The summed E-state index contributed by atoms with van der Waals surface area (Å²) in [5.74, 6) is 1.96. The first-order chi connectivity index (χ1) is 11.2. The summed E-state index contributed by atoms with van der Waals surface area (Å²) in [6.45, 7) is 2.42. The maximum atomic E-state index is 11.9. The lowest BCUT2D eigenvalue weighted by Gasteiger charge is -2.21. The van der Waals surface area contributed by atoms with Gasteiger partial charge in [0, 0.05) is 31.5 Å². The minimum absolute atomic E-state index is 0.204. The number of rotatable bonds is 7. The average molecular weight is 322 g/mol. The van der Waals surface area contributed by atoms with E-state index in [9.17, 15) is 4.79 Å². The number of urea groups is 1. The van der Waals surface area contributed by atoms with E-state index in [4.69, 9.17) is 14.2 Å². The highest BCUT2D eigenvalue weighted by Gasteiger charge is 2.13. The molecule has 0 saturated carbocycles. The predicted molar refractivity (Wildman–Crippen MR) is 89.3 cm³/mol. The van der Waals surface area contributed by atoms with Gasteiger partial charge in [0.05, 0.1) is 14.2 Å². The monoisotopic (exact) mass is 322 g/mol. The summed E-state index contributed by atoms with van der Waals surface area (Å²) in [7, 11) is 3.15. The number of benzene rings is 1. The van der Waals surface area contributed by atoms with E-state index in [1.165, 1.54) is 0 Å². The second kappa shape index (κ2) is 9.25. The van der Waals surface area contributed by atoms with Crippen LogP contribution in [-0.2, 0) is 4.74 Å². The third-order valence-electron chi connectivity index (χ3n) is 4.06. The van der Waals surface area contributed by atoms with Crippen LogP contribution in [0.25, 0.3) is 0 Å². The van der Waals surface area contributed by atoms with Crippen molar-refractivity contribution in [2.45, 2.75) is 25.7 Å². The molecule has 1 aliphatic rings. The molecule has 0 unspecified atom stereocenters. The van der Waals surface area contributed by atoms with E-state index >= 15 is 0 Å². The van der Waals surface area contributed by atoms with Crippen molar-refractivity contribution in [3.63, 3.8) is 0 Å². The molecule has 2 amide bonds. The van der Waals surface area contributed by atoms with Crippen molar-refractivity contribution in [2.75, 3.05) is 39.3 Å². The Kier molecular flexibility index (Phi) is 7.00. The molecule has 1 fully saturated rings. The minimum atomic E-state index is -0.204. The number of methoxy groups -OCH3 is 2. The summed E-state index contributed by atoms with van der Waals surface area (Å²) >= 11 is 0. The summed E-state index contributed by atoms with van der Waals surface area (Å²) in [6.07, 6.45) is 4.40. The van der Waals surface area contributed by atoms with E-state index in [0.717, 1.165) is 44.8 Å². The molecule has 1 aromatic carbocycles. The van der Waals surface area contributed by atoms with Crippen molar-refractivity contribution in [2.24, 2.45) is 5.92 Å². The summed E-state index contributed by atoms with van der Waals surface area (Å²) in [4.78, 5) is 11.9. The zero-order chi connectivity index (χ0) is 16.5. The maximum absolute atomic E-state index is 11.9. The number of carbonyl (C=O) groups excluding carboxylic acids is 1. The molecule has 0 radical (unpaired) electrons. The highest BCUT2D eigenvalue weighted by Crippen LogP contribution is 2.29. The Labute approximate surface area is 137 Å². The smallest absolute Gasteiger partial charge is 0.319 e. The van der Waals surface area contributed by atoms with Crippen LogP contribution >= 0.6 is 0 Å². The molecule has 1 saturated heterocycles. The molecular weight excluding hydrogens is 296 g/mol.